The van der Waals surface area contributed by atoms with Gasteiger partial charge in [0, 0.05) is 24.2 Å². The average molecular weight is 420 g/mol. The van der Waals surface area contributed by atoms with Crippen LogP contribution in [0.15, 0.2) is 65.3 Å². The molecular formula is C22H18ClN5O2. The number of benzene rings is 2. The molecule has 7 nitrogen and oxygen atoms in total. The fraction of sp³-hybridized carbons (Fsp3) is 0.182. The highest BCUT2D eigenvalue weighted by Gasteiger charge is 2.36. The lowest BCUT2D eigenvalue weighted by molar-refractivity contribution is 0.0497. The smallest absolute Gasteiger partial charge is 0.259 e. The van der Waals surface area contributed by atoms with Crippen LogP contribution >= 0.6 is 11.6 Å². The molecule has 30 heavy (non-hydrogen) atoms. The van der Waals surface area contributed by atoms with Crippen molar-refractivity contribution in [1.29, 1.82) is 0 Å². The Balaban J connectivity index is 1.33. The number of halogens is 1. The van der Waals surface area contributed by atoms with Gasteiger partial charge in [-0.15, -0.1) is 5.10 Å². The van der Waals surface area contributed by atoms with Gasteiger partial charge in [-0.2, -0.15) is 0 Å². The molecule has 2 aromatic carbocycles. The molecule has 3 heterocycles. The Morgan fingerprint density at radius 3 is 2.60 bits per heavy atom. The summed E-state index contributed by atoms with van der Waals surface area (Å²) in [5.74, 6) is 0.355. The van der Waals surface area contributed by atoms with Gasteiger partial charge in [0.05, 0.1) is 17.3 Å². The Morgan fingerprint density at radius 2 is 1.83 bits per heavy atom. The molecule has 0 aliphatic carbocycles. The van der Waals surface area contributed by atoms with Crippen molar-refractivity contribution >= 4 is 17.5 Å². The van der Waals surface area contributed by atoms with Gasteiger partial charge < -0.3 is 9.42 Å². The van der Waals surface area contributed by atoms with Gasteiger partial charge in [-0.05, 0) is 13.0 Å². The molecule has 150 valence electrons. The molecule has 1 amide bonds. The number of nitrogens with zero attached hydrogens (tertiary/aromatic N) is 5. The van der Waals surface area contributed by atoms with Crippen LogP contribution in [0.25, 0.3) is 22.5 Å². The summed E-state index contributed by atoms with van der Waals surface area (Å²) in [6, 6.07) is 17.3. The number of likely N-dealkylation sites (tertiary alicyclic amines) is 1. The zero-order valence-corrected chi connectivity index (χ0v) is 17.0. The molecule has 0 unspecified atom stereocenters. The van der Waals surface area contributed by atoms with Crippen molar-refractivity contribution in [2.45, 2.75) is 13.0 Å². The number of hydrogen-bond acceptors (Lipinski definition) is 5. The summed E-state index contributed by atoms with van der Waals surface area (Å²) in [5, 5.41) is 13.1. The van der Waals surface area contributed by atoms with Crippen LogP contribution in [0.4, 0.5) is 0 Å². The largest absolute Gasteiger partial charge is 0.360 e. The molecule has 1 aliphatic rings. The molecule has 0 radical (unpaired) electrons. The molecule has 1 saturated heterocycles. The first kappa shape index (κ1) is 18.6. The lowest BCUT2D eigenvalue weighted by atomic mass is 10.0. The normalized spacial score (nSPS) is 14.0. The van der Waals surface area contributed by atoms with Gasteiger partial charge in [-0.25, -0.2) is 4.68 Å². The van der Waals surface area contributed by atoms with E-state index in [1.54, 1.807) is 17.9 Å². The standard InChI is InChI=1S/C22H18ClN5O2/c1-14-20(21(25-30-14)17-9-5-6-10-18(17)23)22(29)27-11-16(12-27)28-13-19(24-26-28)15-7-3-2-4-8-15/h2-10,13,16H,11-12H2,1H3. The van der Waals surface area contributed by atoms with Gasteiger partial charge in [0.25, 0.3) is 5.91 Å². The summed E-state index contributed by atoms with van der Waals surface area (Å²) in [6.45, 7) is 2.83. The lowest BCUT2D eigenvalue weighted by Gasteiger charge is -2.38. The molecule has 1 aliphatic heterocycles. The number of hydrogen-bond donors (Lipinski definition) is 0. The number of rotatable bonds is 4. The van der Waals surface area contributed by atoms with E-state index in [-0.39, 0.29) is 11.9 Å². The first-order valence-corrected chi connectivity index (χ1v) is 9.97. The second kappa shape index (κ2) is 7.42. The SMILES string of the molecule is Cc1onc(-c2ccccc2Cl)c1C(=O)N1CC(n2cc(-c3ccccc3)nn2)C1. The maximum atomic E-state index is 13.2. The van der Waals surface area contributed by atoms with Crippen LogP contribution in [-0.2, 0) is 0 Å². The summed E-state index contributed by atoms with van der Waals surface area (Å²) in [6.07, 6.45) is 1.92. The van der Waals surface area contributed by atoms with E-state index in [0.29, 0.717) is 40.7 Å². The third kappa shape index (κ3) is 3.17. The zero-order chi connectivity index (χ0) is 20.7. The summed E-state index contributed by atoms with van der Waals surface area (Å²) in [5.41, 5.74) is 3.43. The van der Waals surface area contributed by atoms with Crippen LogP contribution < -0.4 is 0 Å². The molecule has 1 fully saturated rings. The predicted molar refractivity (Wildman–Crippen MR) is 112 cm³/mol. The third-order valence-electron chi connectivity index (χ3n) is 5.31. The van der Waals surface area contributed by atoms with Crippen molar-refractivity contribution in [3.8, 4) is 22.5 Å². The first-order chi connectivity index (χ1) is 14.6. The summed E-state index contributed by atoms with van der Waals surface area (Å²) < 4.78 is 7.15. The molecule has 4 aromatic rings. The van der Waals surface area contributed by atoms with Crippen molar-refractivity contribution < 1.29 is 9.32 Å². The number of aromatic nitrogens is 4. The highest BCUT2D eigenvalue weighted by molar-refractivity contribution is 6.33. The van der Waals surface area contributed by atoms with Crippen molar-refractivity contribution in [2.24, 2.45) is 0 Å². The van der Waals surface area contributed by atoms with Crippen molar-refractivity contribution in [1.82, 2.24) is 25.1 Å². The number of aryl methyl sites for hydroxylation is 1. The topological polar surface area (TPSA) is 77.0 Å². The minimum atomic E-state index is -0.122. The van der Waals surface area contributed by atoms with E-state index in [9.17, 15) is 4.79 Å². The van der Waals surface area contributed by atoms with E-state index in [0.717, 1.165) is 11.3 Å². The Morgan fingerprint density at radius 1 is 1.10 bits per heavy atom. The highest BCUT2D eigenvalue weighted by Crippen LogP contribution is 2.33. The Labute approximate surface area is 177 Å². The van der Waals surface area contributed by atoms with Gasteiger partial charge in [0.2, 0.25) is 0 Å². The number of carbonyl (C=O) groups is 1. The van der Waals surface area contributed by atoms with E-state index in [1.165, 1.54) is 0 Å². The fourth-order valence-electron chi connectivity index (χ4n) is 3.60. The van der Waals surface area contributed by atoms with E-state index in [2.05, 4.69) is 15.5 Å². The second-order valence-corrected chi connectivity index (χ2v) is 7.66. The second-order valence-electron chi connectivity index (χ2n) is 7.26. The van der Waals surface area contributed by atoms with Crippen molar-refractivity contribution in [2.75, 3.05) is 13.1 Å². The molecule has 0 N–H and O–H groups in total. The van der Waals surface area contributed by atoms with Crippen LogP contribution in [-0.4, -0.2) is 44.0 Å². The monoisotopic (exact) mass is 419 g/mol. The van der Waals surface area contributed by atoms with Crippen LogP contribution in [0.3, 0.4) is 0 Å². The number of carbonyl (C=O) groups excluding carboxylic acids is 1. The van der Waals surface area contributed by atoms with Crippen LogP contribution in [0.2, 0.25) is 5.02 Å². The van der Waals surface area contributed by atoms with E-state index < -0.39 is 0 Å². The minimum absolute atomic E-state index is 0.0860. The van der Waals surface area contributed by atoms with Crippen molar-refractivity contribution in [3.05, 3.63) is 77.1 Å². The Hall–Kier alpha value is -3.45. The molecule has 0 saturated carbocycles. The van der Waals surface area contributed by atoms with Gasteiger partial charge in [0.1, 0.15) is 22.7 Å². The summed E-state index contributed by atoms with van der Waals surface area (Å²) in [7, 11) is 0. The molecule has 0 atom stereocenters. The highest BCUT2D eigenvalue weighted by atomic mass is 35.5. The molecule has 2 aromatic heterocycles. The zero-order valence-electron chi connectivity index (χ0n) is 16.2. The van der Waals surface area contributed by atoms with Gasteiger partial charge in [-0.3, -0.25) is 4.79 Å². The van der Waals surface area contributed by atoms with E-state index in [4.69, 9.17) is 16.1 Å². The van der Waals surface area contributed by atoms with E-state index >= 15 is 0 Å². The quantitative estimate of drug-likeness (QED) is 0.494. The van der Waals surface area contributed by atoms with Crippen LogP contribution in [0, 0.1) is 6.92 Å². The van der Waals surface area contributed by atoms with Crippen LogP contribution in [0.1, 0.15) is 22.2 Å². The first-order valence-electron chi connectivity index (χ1n) is 9.59. The Bertz CT molecular complexity index is 1210. The van der Waals surface area contributed by atoms with Crippen LogP contribution in [0.5, 0.6) is 0 Å². The predicted octanol–water partition coefficient (Wildman–Crippen LogP) is 4.26. The summed E-state index contributed by atoms with van der Waals surface area (Å²) >= 11 is 6.30. The van der Waals surface area contributed by atoms with Gasteiger partial charge in [0.15, 0.2) is 0 Å². The molecular weight excluding hydrogens is 402 g/mol. The molecule has 8 heteroatoms. The Kier molecular flexibility index (Phi) is 4.59. The minimum Gasteiger partial charge on any atom is -0.360 e. The van der Waals surface area contributed by atoms with Crippen molar-refractivity contribution in [3.63, 3.8) is 0 Å². The maximum absolute atomic E-state index is 13.2. The molecule has 0 spiro atoms. The molecule has 5 rings (SSSR count). The molecule has 0 bridgehead atoms. The fourth-order valence-corrected chi connectivity index (χ4v) is 3.83. The van der Waals surface area contributed by atoms with E-state index in [1.807, 2.05) is 59.4 Å². The third-order valence-corrected chi connectivity index (χ3v) is 5.64. The number of amides is 1. The summed E-state index contributed by atoms with van der Waals surface area (Å²) in [4.78, 5) is 14.9. The van der Waals surface area contributed by atoms with Gasteiger partial charge >= 0.3 is 0 Å². The maximum Gasteiger partial charge on any atom is 0.259 e. The average Bonchev–Trinajstić information content (AvgIpc) is 3.35. The lowest BCUT2D eigenvalue weighted by Crippen LogP contribution is -2.51. The van der Waals surface area contributed by atoms with Gasteiger partial charge in [-0.1, -0.05) is 70.5 Å².